The van der Waals surface area contributed by atoms with Gasteiger partial charge in [0.15, 0.2) is 5.16 Å². The fourth-order valence-electron chi connectivity index (χ4n) is 2.86. The lowest BCUT2D eigenvalue weighted by molar-refractivity contribution is -0.141. The molecule has 2 heterocycles. The maximum atomic E-state index is 12.8. The van der Waals surface area contributed by atoms with Gasteiger partial charge in [-0.15, -0.1) is 0 Å². The minimum absolute atomic E-state index is 0.00961. The van der Waals surface area contributed by atoms with Gasteiger partial charge in [0.1, 0.15) is 5.69 Å². The molecule has 0 bridgehead atoms. The zero-order valence-corrected chi connectivity index (χ0v) is 14.4. The molecular weight excluding hydrogens is 351 g/mol. The molecule has 4 nitrogen and oxygen atoms in total. The number of aromatic nitrogens is 2. The number of para-hydroxylation sites is 1. The van der Waals surface area contributed by atoms with Gasteiger partial charge in [-0.2, -0.15) is 13.2 Å². The number of nitrogens with zero attached hydrogens (tertiary/aromatic N) is 3. The van der Waals surface area contributed by atoms with Crippen LogP contribution in [0.2, 0.25) is 0 Å². The van der Waals surface area contributed by atoms with Crippen molar-refractivity contribution in [3.8, 4) is 0 Å². The van der Waals surface area contributed by atoms with Crippen LogP contribution in [0.25, 0.3) is 0 Å². The Bertz CT molecular complexity index is 797. The molecule has 0 N–H and O–H groups in total. The molecule has 2 atom stereocenters. The van der Waals surface area contributed by atoms with Crippen molar-refractivity contribution in [1.29, 1.82) is 0 Å². The molecule has 1 aromatic carbocycles. The van der Waals surface area contributed by atoms with Crippen molar-refractivity contribution in [1.82, 2.24) is 9.97 Å². The van der Waals surface area contributed by atoms with Crippen LogP contribution in [0, 0.1) is 0 Å². The Morgan fingerprint density at radius 1 is 1.32 bits per heavy atom. The predicted molar refractivity (Wildman–Crippen MR) is 89.4 cm³/mol. The number of thioether (sulfide) groups is 1. The number of anilines is 1. The van der Waals surface area contributed by atoms with Gasteiger partial charge >= 0.3 is 6.18 Å². The third kappa shape index (κ3) is 3.63. The van der Waals surface area contributed by atoms with Crippen LogP contribution in [0.5, 0.6) is 0 Å². The molecule has 1 aliphatic rings. The molecule has 132 valence electrons. The molecule has 25 heavy (non-hydrogen) atoms. The molecule has 2 aromatic rings. The van der Waals surface area contributed by atoms with Crippen molar-refractivity contribution in [3.05, 3.63) is 47.8 Å². The first-order valence-corrected chi connectivity index (χ1v) is 8.63. The summed E-state index contributed by atoms with van der Waals surface area (Å²) in [4.78, 5) is 21.9. The van der Waals surface area contributed by atoms with E-state index in [-0.39, 0.29) is 17.1 Å². The van der Waals surface area contributed by atoms with Crippen molar-refractivity contribution in [3.63, 3.8) is 0 Å². The van der Waals surface area contributed by atoms with Crippen molar-refractivity contribution in [2.24, 2.45) is 0 Å². The molecule has 1 aliphatic heterocycles. The monoisotopic (exact) mass is 367 g/mol. The van der Waals surface area contributed by atoms with E-state index in [1.165, 1.54) is 0 Å². The number of carbonyl (C=O) groups is 1. The summed E-state index contributed by atoms with van der Waals surface area (Å²) in [7, 11) is 0. The van der Waals surface area contributed by atoms with E-state index in [1.807, 2.05) is 31.2 Å². The summed E-state index contributed by atoms with van der Waals surface area (Å²) in [5.74, 6) is -0.163. The van der Waals surface area contributed by atoms with E-state index >= 15 is 0 Å². The van der Waals surface area contributed by atoms with Crippen LogP contribution < -0.4 is 4.90 Å². The summed E-state index contributed by atoms with van der Waals surface area (Å²) in [6.07, 6.45) is -2.71. The zero-order valence-electron chi connectivity index (χ0n) is 13.6. The fraction of sp³-hybridized carbons (Fsp3) is 0.353. The molecule has 1 amide bonds. The minimum Gasteiger partial charge on any atom is -0.308 e. The van der Waals surface area contributed by atoms with Crippen molar-refractivity contribution in [2.75, 3.05) is 4.90 Å². The molecule has 8 heteroatoms. The van der Waals surface area contributed by atoms with Gasteiger partial charge in [-0.1, -0.05) is 30.0 Å². The second-order valence-electron chi connectivity index (χ2n) is 5.87. The van der Waals surface area contributed by atoms with Crippen LogP contribution >= 0.6 is 11.8 Å². The van der Waals surface area contributed by atoms with E-state index in [2.05, 4.69) is 9.97 Å². The number of rotatable bonds is 3. The molecule has 0 saturated heterocycles. The summed E-state index contributed by atoms with van der Waals surface area (Å²) in [5, 5.41) is -0.659. The molecular formula is C17H16F3N3OS. The summed E-state index contributed by atoms with van der Waals surface area (Å²) in [6.45, 7) is 3.61. The number of amides is 1. The van der Waals surface area contributed by atoms with Crippen molar-refractivity contribution < 1.29 is 18.0 Å². The van der Waals surface area contributed by atoms with E-state index in [9.17, 15) is 18.0 Å². The molecule has 0 radical (unpaired) electrons. The fourth-order valence-corrected chi connectivity index (χ4v) is 3.66. The highest BCUT2D eigenvalue weighted by Gasteiger charge is 2.35. The number of fused-ring (bicyclic) bond motifs is 1. The first-order chi connectivity index (χ1) is 11.8. The number of hydrogen-bond acceptors (Lipinski definition) is 4. The number of benzene rings is 1. The van der Waals surface area contributed by atoms with E-state index in [4.69, 9.17) is 0 Å². The van der Waals surface area contributed by atoms with Crippen LogP contribution in [0.15, 0.2) is 41.7 Å². The summed E-state index contributed by atoms with van der Waals surface area (Å²) in [5.41, 5.74) is 0.942. The second-order valence-corrected chi connectivity index (χ2v) is 7.18. The standard InChI is InChI=1S/C17H16F3N3OS/c1-10-9-12-5-3-4-6-13(12)23(10)15(24)11(2)25-16-21-8-7-14(22-16)17(18,19)20/h3-8,10-11H,9H2,1-2H3. The molecule has 0 fully saturated rings. The topological polar surface area (TPSA) is 46.1 Å². The highest BCUT2D eigenvalue weighted by Crippen LogP contribution is 2.35. The van der Waals surface area contributed by atoms with Crippen LogP contribution in [-0.4, -0.2) is 27.2 Å². The average molecular weight is 367 g/mol. The number of hydrogen-bond donors (Lipinski definition) is 0. The van der Waals surface area contributed by atoms with E-state index in [0.717, 1.165) is 41.7 Å². The first kappa shape index (κ1) is 17.7. The summed E-state index contributed by atoms with van der Waals surface area (Å²) < 4.78 is 38.3. The highest BCUT2D eigenvalue weighted by atomic mass is 32.2. The minimum atomic E-state index is -4.53. The van der Waals surface area contributed by atoms with Crippen LogP contribution in [0.1, 0.15) is 25.1 Å². The van der Waals surface area contributed by atoms with Crippen molar-refractivity contribution >= 4 is 23.4 Å². The maximum absolute atomic E-state index is 12.8. The molecule has 1 aromatic heterocycles. The van der Waals surface area contributed by atoms with Gasteiger partial charge in [-0.3, -0.25) is 4.79 Å². The van der Waals surface area contributed by atoms with E-state index in [0.29, 0.717) is 0 Å². The lowest BCUT2D eigenvalue weighted by atomic mass is 10.1. The van der Waals surface area contributed by atoms with Crippen LogP contribution in [0.4, 0.5) is 18.9 Å². The van der Waals surface area contributed by atoms with Gasteiger partial charge in [0, 0.05) is 17.9 Å². The summed E-state index contributed by atoms with van der Waals surface area (Å²) in [6, 6.07) is 8.48. The van der Waals surface area contributed by atoms with Crippen LogP contribution in [0.3, 0.4) is 0 Å². The Labute approximate surface area is 147 Å². The molecule has 0 spiro atoms. The highest BCUT2D eigenvalue weighted by molar-refractivity contribution is 8.00. The SMILES string of the molecule is CC(Sc1nccc(C(F)(F)F)n1)C(=O)N1c2ccccc2CC1C. The lowest BCUT2D eigenvalue weighted by Crippen LogP contribution is -2.40. The normalized spacial score (nSPS) is 18.1. The molecule has 2 unspecified atom stereocenters. The van der Waals surface area contributed by atoms with Gasteiger partial charge in [0.25, 0.3) is 0 Å². The average Bonchev–Trinajstić information content (AvgIpc) is 2.89. The van der Waals surface area contributed by atoms with Gasteiger partial charge in [0.2, 0.25) is 5.91 Å². The van der Waals surface area contributed by atoms with Crippen LogP contribution in [-0.2, 0) is 17.4 Å². The Balaban J connectivity index is 1.78. The molecule has 0 saturated carbocycles. The number of halogens is 3. The Morgan fingerprint density at radius 2 is 2.04 bits per heavy atom. The van der Waals surface area contributed by atoms with Gasteiger partial charge in [0.05, 0.1) is 5.25 Å². The van der Waals surface area contributed by atoms with Gasteiger partial charge < -0.3 is 4.90 Å². The van der Waals surface area contributed by atoms with Crippen molar-refractivity contribution in [2.45, 2.75) is 42.9 Å². The maximum Gasteiger partial charge on any atom is 0.433 e. The van der Waals surface area contributed by atoms with E-state index in [1.54, 1.807) is 11.8 Å². The third-order valence-corrected chi connectivity index (χ3v) is 4.96. The molecule has 0 aliphatic carbocycles. The van der Waals surface area contributed by atoms with Gasteiger partial charge in [-0.05, 0) is 38.0 Å². The zero-order chi connectivity index (χ0) is 18.2. The number of alkyl halides is 3. The summed E-state index contributed by atoms with van der Waals surface area (Å²) >= 11 is 0.932. The first-order valence-electron chi connectivity index (χ1n) is 7.75. The Kier molecular flexibility index (Phi) is 4.73. The Morgan fingerprint density at radius 3 is 2.76 bits per heavy atom. The molecule has 3 rings (SSSR count). The number of carbonyl (C=O) groups excluding carboxylic acids is 1. The third-order valence-electron chi connectivity index (χ3n) is 4.00. The van der Waals surface area contributed by atoms with Gasteiger partial charge in [-0.25, -0.2) is 9.97 Å². The van der Waals surface area contributed by atoms with E-state index < -0.39 is 17.1 Å². The largest absolute Gasteiger partial charge is 0.433 e. The second kappa shape index (κ2) is 6.67. The predicted octanol–water partition coefficient (Wildman–Crippen LogP) is 3.95. The quantitative estimate of drug-likeness (QED) is 0.609. The smallest absolute Gasteiger partial charge is 0.308 e. The lowest BCUT2D eigenvalue weighted by Gasteiger charge is -2.25. The Hall–Kier alpha value is -2.09.